The molecular weight excluding hydrogens is 388 g/mol. The molecule has 0 N–H and O–H groups in total. The van der Waals surface area contributed by atoms with Gasteiger partial charge in [0.2, 0.25) is 5.91 Å². The van der Waals surface area contributed by atoms with Crippen molar-refractivity contribution in [3.05, 3.63) is 30.1 Å². The van der Waals surface area contributed by atoms with E-state index in [0.29, 0.717) is 52.6 Å². The highest BCUT2D eigenvalue weighted by Gasteiger charge is 2.41. The van der Waals surface area contributed by atoms with Crippen LogP contribution in [-0.4, -0.2) is 73.4 Å². The van der Waals surface area contributed by atoms with Gasteiger partial charge in [-0.25, -0.2) is 9.67 Å². The Hall–Kier alpha value is -2.30. The molecule has 0 saturated carbocycles. The Bertz CT molecular complexity index is 826. The zero-order valence-electron chi connectivity index (χ0n) is 17.7. The van der Waals surface area contributed by atoms with Gasteiger partial charge in [-0.05, 0) is 26.7 Å². The number of ether oxygens (including phenoxy) is 3. The SMILES string of the molecule is CC(C)OCCOCc1nnn2c1COC1(CCN(C(=O)Cn3ccnc3)CC1)C2. The van der Waals surface area contributed by atoms with Crippen molar-refractivity contribution in [2.75, 3.05) is 26.3 Å². The van der Waals surface area contributed by atoms with Crippen LogP contribution in [0.25, 0.3) is 0 Å². The van der Waals surface area contributed by atoms with Gasteiger partial charge in [-0.1, -0.05) is 5.21 Å². The number of hydrogen-bond acceptors (Lipinski definition) is 7. The third-order valence-corrected chi connectivity index (χ3v) is 5.69. The van der Waals surface area contributed by atoms with Crippen LogP contribution in [-0.2, 0) is 45.3 Å². The zero-order chi connectivity index (χ0) is 21.0. The van der Waals surface area contributed by atoms with Gasteiger partial charge in [-0.3, -0.25) is 4.79 Å². The summed E-state index contributed by atoms with van der Waals surface area (Å²) >= 11 is 0. The predicted molar refractivity (Wildman–Crippen MR) is 106 cm³/mol. The number of rotatable bonds is 8. The summed E-state index contributed by atoms with van der Waals surface area (Å²) in [7, 11) is 0. The Balaban J connectivity index is 1.26. The molecule has 0 atom stereocenters. The number of imidazole rings is 1. The van der Waals surface area contributed by atoms with Crippen LogP contribution < -0.4 is 0 Å². The van der Waals surface area contributed by atoms with Crippen molar-refractivity contribution in [3.8, 4) is 0 Å². The first-order chi connectivity index (χ1) is 14.5. The number of aromatic nitrogens is 5. The van der Waals surface area contributed by atoms with E-state index in [1.165, 1.54) is 0 Å². The molecule has 1 saturated heterocycles. The standard InChI is InChI=1S/C20H30N6O4/c1-16(2)29-10-9-28-12-17-18-13-30-20(14-26(18)23-22-17)3-6-25(7-4-20)19(27)11-24-8-5-21-15-24/h5,8,15-16H,3-4,6-7,9-14H2,1-2H3. The van der Waals surface area contributed by atoms with E-state index in [0.717, 1.165) is 24.2 Å². The maximum absolute atomic E-state index is 12.5. The molecule has 4 rings (SSSR count). The van der Waals surface area contributed by atoms with E-state index in [9.17, 15) is 4.79 Å². The van der Waals surface area contributed by atoms with Crippen molar-refractivity contribution in [1.82, 2.24) is 29.4 Å². The van der Waals surface area contributed by atoms with Crippen LogP contribution in [0.3, 0.4) is 0 Å². The molecular formula is C20H30N6O4. The summed E-state index contributed by atoms with van der Waals surface area (Å²) in [5, 5.41) is 8.61. The van der Waals surface area contributed by atoms with Crippen LogP contribution in [0, 0.1) is 0 Å². The minimum Gasteiger partial charge on any atom is -0.376 e. The molecule has 4 heterocycles. The molecule has 1 spiro atoms. The lowest BCUT2D eigenvalue weighted by molar-refractivity contribution is -0.146. The Morgan fingerprint density at radius 3 is 2.87 bits per heavy atom. The molecule has 0 unspecified atom stereocenters. The van der Waals surface area contributed by atoms with Crippen molar-refractivity contribution in [3.63, 3.8) is 0 Å². The average Bonchev–Trinajstić information content (AvgIpc) is 3.37. The summed E-state index contributed by atoms with van der Waals surface area (Å²) in [6.07, 6.45) is 6.94. The van der Waals surface area contributed by atoms with E-state index in [4.69, 9.17) is 14.2 Å². The molecule has 2 aromatic rings. The molecule has 2 aromatic heterocycles. The molecule has 1 fully saturated rings. The fourth-order valence-electron chi connectivity index (χ4n) is 3.92. The predicted octanol–water partition coefficient (Wildman–Crippen LogP) is 1.01. The van der Waals surface area contributed by atoms with Gasteiger partial charge in [0.1, 0.15) is 12.2 Å². The highest BCUT2D eigenvalue weighted by atomic mass is 16.5. The molecule has 2 aliphatic rings. The van der Waals surface area contributed by atoms with E-state index in [2.05, 4.69) is 15.3 Å². The minimum absolute atomic E-state index is 0.112. The molecule has 30 heavy (non-hydrogen) atoms. The molecule has 0 aromatic carbocycles. The summed E-state index contributed by atoms with van der Waals surface area (Å²) < 4.78 is 21.2. The van der Waals surface area contributed by atoms with E-state index in [-0.39, 0.29) is 17.6 Å². The van der Waals surface area contributed by atoms with Gasteiger partial charge in [-0.2, -0.15) is 0 Å². The van der Waals surface area contributed by atoms with Gasteiger partial charge in [0, 0.05) is 25.5 Å². The monoisotopic (exact) mass is 418 g/mol. The molecule has 1 amide bonds. The molecule has 0 bridgehead atoms. The lowest BCUT2D eigenvalue weighted by Crippen LogP contribution is -2.52. The van der Waals surface area contributed by atoms with Gasteiger partial charge in [-0.15, -0.1) is 5.10 Å². The molecule has 164 valence electrons. The fourth-order valence-corrected chi connectivity index (χ4v) is 3.92. The van der Waals surface area contributed by atoms with Crippen molar-refractivity contribution < 1.29 is 19.0 Å². The number of likely N-dealkylation sites (tertiary alicyclic amines) is 1. The fraction of sp³-hybridized carbons (Fsp3) is 0.700. The summed E-state index contributed by atoms with van der Waals surface area (Å²) in [5.41, 5.74) is 1.52. The summed E-state index contributed by atoms with van der Waals surface area (Å²) in [6.45, 7) is 8.33. The van der Waals surface area contributed by atoms with Crippen LogP contribution in [0.5, 0.6) is 0 Å². The Morgan fingerprint density at radius 1 is 1.30 bits per heavy atom. The summed E-state index contributed by atoms with van der Waals surface area (Å²) in [6, 6.07) is 0. The second-order valence-electron chi connectivity index (χ2n) is 8.20. The summed E-state index contributed by atoms with van der Waals surface area (Å²) in [5.74, 6) is 0.112. The number of fused-ring (bicyclic) bond motifs is 1. The van der Waals surface area contributed by atoms with Crippen molar-refractivity contribution >= 4 is 5.91 Å². The Morgan fingerprint density at radius 2 is 2.13 bits per heavy atom. The maximum atomic E-state index is 12.5. The molecule has 2 aliphatic heterocycles. The van der Waals surface area contributed by atoms with Crippen molar-refractivity contribution in [2.24, 2.45) is 0 Å². The highest BCUT2D eigenvalue weighted by Crippen LogP contribution is 2.33. The van der Waals surface area contributed by atoms with Gasteiger partial charge in [0.25, 0.3) is 0 Å². The second kappa shape index (κ2) is 9.23. The van der Waals surface area contributed by atoms with Gasteiger partial charge in [0.05, 0.1) is 56.7 Å². The number of carbonyl (C=O) groups excluding carboxylic acids is 1. The third-order valence-electron chi connectivity index (χ3n) is 5.69. The highest BCUT2D eigenvalue weighted by molar-refractivity contribution is 5.76. The topological polar surface area (TPSA) is 96.5 Å². The molecule has 10 nitrogen and oxygen atoms in total. The van der Waals surface area contributed by atoms with E-state index in [1.807, 2.05) is 23.4 Å². The molecule has 0 aliphatic carbocycles. The first-order valence-corrected chi connectivity index (χ1v) is 10.5. The number of carbonyl (C=O) groups is 1. The van der Waals surface area contributed by atoms with E-state index >= 15 is 0 Å². The number of nitrogens with zero attached hydrogens (tertiary/aromatic N) is 6. The molecule has 0 radical (unpaired) electrons. The number of hydrogen-bond donors (Lipinski definition) is 0. The Kier molecular flexibility index (Phi) is 6.45. The Labute approximate surface area is 176 Å². The van der Waals surface area contributed by atoms with Gasteiger partial charge in [0.15, 0.2) is 0 Å². The quantitative estimate of drug-likeness (QED) is 0.590. The average molecular weight is 418 g/mol. The van der Waals surface area contributed by atoms with Crippen LogP contribution in [0.1, 0.15) is 38.1 Å². The van der Waals surface area contributed by atoms with E-state index < -0.39 is 0 Å². The first kappa shape index (κ1) is 21.0. The normalized spacial score (nSPS) is 18.2. The third kappa shape index (κ3) is 4.88. The van der Waals surface area contributed by atoms with Crippen LogP contribution in [0.15, 0.2) is 18.7 Å². The van der Waals surface area contributed by atoms with Crippen LogP contribution in [0.2, 0.25) is 0 Å². The van der Waals surface area contributed by atoms with E-state index in [1.54, 1.807) is 23.3 Å². The van der Waals surface area contributed by atoms with Crippen LogP contribution >= 0.6 is 0 Å². The minimum atomic E-state index is -0.282. The maximum Gasteiger partial charge on any atom is 0.242 e. The number of amides is 1. The largest absolute Gasteiger partial charge is 0.376 e. The van der Waals surface area contributed by atoms with Crippen molar-refractivity contribution in [2.45, 2.75) is 64.7 Å². The van der Waals surface area contributed by atoms with Gasteiger partial charge >= 0.3 is 0 Å². The zero-order valence-corrected chi connectivity index (χ0v) is 17.7. The summed E-state index contributed by atoms with van der Waals surface area (Å²) in [4.78, 5) is 18.4. The lowest BCUT2D eigenvalue weighted by Gasteiger charge is -2.43. The van der Waals surface area contributed by atoms with Gasteiger partial charge < -0.3 is 23.7 Å². The van der Waals surface area contributed by atoms with Crippen LogP contribution in [0.4, 0.5) is 0 Å². The number of piperidine rings is 1. The smallest absolute Gasteiger partial charge is 0.242 e. The first-order valence-electron chi connectivity index (χ1n) is 10.5. The lowest BCUT2D eigenvalue weighted by atomic mass is 9.90. The second-order valence-corrected chi connectivity index (χ2v) is 8.20. The van der Waals surface area contributed by atoms with Crippen molar-refractivity contribution in [1.29, 1.82) is 0 Å². The molecule has 10 heteroatoms.